The van der Waals surface area contributed by atoms with Gasteiger partial charge in [-0.3, -0.25) is 0 Å². The summed E-state index contributed by atoms with van der Waals surface area (Å²) in [5.41, 5.74) is 1.83. The molecule has 1 aromatic rings. The van der Waals surface area contributed by atoms with Gasteiger partial charge in [0.15, 0.2) is 6.10 Å². The van der Waals surface area contributed by atoms with Crippen molar-refractivity contribution in [1.82, 2.24) is 0 Å². The molecule has 1 atom stereocenters. The lowest BCUT2D eigenvalue weighted by molar-refractivity contribution is 0.108. The molecule has 0 aliphatic carbocycles. The quantitative estimate of drug-likeness (QED) is 0.787. The van der Waals surface area contributed by atoms with Crippen LogP contribution in [0.4, 0.5) is 5.69 Å². The van der Waals surface area contributed by atoms with Crippen LogP contribution in [0.5, 0.6) is 0 Å². The lowest BCUT2D eigenvalue weighted by atomic mass is 10.1. The number of aliphatic imine (C=N–C) groups is 1. The molecule has 0 aromatic heterocycles. The summed E-state index contributed by atoms with van der Waals surface area (Å²) in [4.78, 5) is 4.45. The van der Waals surface area contributed by atoms with Gasteiger partial charge in [-0.25, -0.2) is 4.99 Å². The minimum absolute atomic E-state index is 0.405. The Labute approximate surface area is 101 Å². The fraction of sp³-hybridized carbons (Fsp3) is 0.308. The van der Waals surface area contributed by atoms with Gasteiger partial charge >= 0.3 is 0 Å². The summed E-state index contributed by atoms with van der Waals surface area (Å²) in [5.74, 6) is 1.17. The lowest BCUT2D eigenvalue weighted by Crippen LogP contribution is -2.26. The number of benzene rings is 1. The van der Waals surface area contributed by atoms with E-state index in [1.54, 1.807) is 21.3 Å². The Balaban J connectivity index is 2.57. The molecule has 1 aliphatic rings. The van der Waals surface area contributed by atoms with Crippen LogP contribution in [0.2, 0.25) is 0 Å². The van der Waals surface area contributed by atoms with Crippen molar-refractivity contribution in [1.29, 1.82) is 0 Å². The first-order valence-electron chi connectivity index (χ1n) is 5.30. The molecule has 0 radical (unpaired) electrons. The highest BCUT2D eigenvalue weighted by Crippen LogP contribution is 2.28. The molecule has 1 unspecified atom stereocenters. The molecule has 0 spiro atoms. The molecule has 0 bridgehead atoms. The summed E-state index contributed by atoms with van der Waals surface area (Å²) in [7, 11) is 4.78. The molecule has 0 N–H and O–H groups in total. The average Bonchev–Trinajstić information content (AvgIpc) is 2.53. The van der Waals surface area contributed by atoms with Gasteiger partial charge in [0.05, 0.1) is 19.9 Å². The lowest BCUT2D eigenvalue weighted by Gasteiger charge is -2.17. The van der Waals surface area contributed by atoms with Crippen molar-refractivity contribution < 1.29 is 14.2 Å². The van der Waals surface area contributed by atoms with E-state index in [1.807, 2.05) is 30.3 Å². The second-order valence-electron chi connectivity index (χ2n) is 3.58. The predicted molar refractivity (Wildman–Crippen MR) is 66.3 cm³/mol. The zero-order chi connectivity index (χ0) is 12.3. The third kappa shape index (κ3) is 2.17. The van der Waals surface area contributed by atoms with Crippen LogP contribution in [0.1, 0.15) is 5.56 Å². The average molecular weight is 233 g/mol. The van der Waals surface area contributed by atoms with Gasteiger partial charge in [-0.2, -0.15) is 0 Å². The number of hydrogen-bond donors (Lipinski definition) is 0. The molecule has 1 heterocycles. The van der Waals surface area contributed by atoms with E-state index in [2.05, 4.69) is 4.99 Å². The van der Waals surface area contributed by atoms with Crippen LogP contribution < -0.4 is 0 Å². The number of rotatable bonds is 2. The number of ether oxygens (including phenoxy) is 3. The van der Waals surface area contributed by atoms with Gasteiger partial charge in [-0.05, 0) is 12.1 Å². The molecule has 2 rings (SSSR count). The van der Waals surface area contributed by atoms with Gasteiger partial charge in [0.2, 0.25) is 5.90 Å². The first-order valence-corrected chi connectivity index (χ1v) is 5.30. The largest absolute Gasteiger partial charge is 0.498 e. The van der Waals surface area contributed by atoms with Gasteiger partial charge in [-0.15, -0.1) is 0 Å². The number of methoxy groups -OCH3 is 3. The molecule has 0 amide bonds. The highest BCUT2D eigenvalue weighted by Gasteiger charge is 2.25. The Morgan fingerprint density at radius 2 is 1.82 bits per heavy atom. The fourth-order valence-electron chi connectivity index (χ4n) is 1.78. The normalized spacial score (nSPS) is 18.6. The Hall–Kier alpha value is -1.81. The van der Waals surface area contributed by atoms with Gasteiger partial charge in [0, 0.05) is 12.7 Å². The van der Waals surface area contributed by atoms with E-state index in [-0.39, 0.29) is 0 Å². The Morgan fingerprint density at radius 3 is 2.47 bits per heavy atom. The van der Waals surface area contributed by atoms with Crippen LogP contribution in [-0.4, -0.2) is 33.3 Å². The molecule has 1 aromatic carbocycles. The number of fused-ring (bicyclic) bond motifs is 1. The third-order valence-electron chi connectivity index (χ3n) is 2.63. The summed E-state index contributed by atoms with van der Waals surface area (Å²) in [6.45, 7) is 0. The second-order valence-corrected chi connectivity index (χ2v) is 3.58. The van der Waals surface area contributed by atoms with Crippen LogP contribution in [0.15, 0.2) is 35.0 Å². The summed E-state index contributed by atoms with van der Waals surface area (Å²) >= 11 is 0. The maximum Gasteiger partial charge on any atom is 0.226 e. The minimum Gasteiger partial charge on any atom is -0.498 e. The zero-order valence-corrected chi connectivity index (χ0v) is 10.1. The highest BCUT2D eigenvalue weighted by molar-refractivity contribution is 5.90. The van der Waals surface area contributed by atoms with Gasteiger partial charge in [-0.1, -0.05) is 18.2 Å². The van der Waals surface area contributed by atoms with E-state index in [1.165, 1.54) is 0 Å². The Kier molecular flexibility index (Phi) is 3.44. The smallest absolute Gasteiger partial charge is 0.226 e. The zero-order valence-electron chi connectivity index (χ0n) is 10.1. The van der Waals surface area contributed by atoms with Gasteiger partial charge < -0.3 is 14.2 Å². The second kappa shape index (κ2) is 5.01. The molecule has 4 heteroatoms. The van der Waals surface area contributed by atoms with Crippen LogP contribution in [0, 0.1) is 0 Å². The van der Waals surface area contributed by atoms with Crippen molar-refractivity contribution in [3.8, 4) is 0 Å². The fourth-order valence-corrected chi connectivity index (χ4v) is 1.78. The summed E-state index contributed by atoms with van der Waals surface area (Å²) in [6, 6.07) is 7.79. The first kappa shape index (κ1) is 11.7. The molecule has 0 saturated carbocycles. The summed E-state index contributed by atoms with van der Waals surface area (Å²) in [6.07, 6.45) is 1.51. The standard InChI is InChI=1S/C13H15NO3/c1-15-11-8-9-6-4-5-7-10(9)14-13(17-3)12(11)16-2/h4-8,12H,1-3H3. The number of para-hydroxylation sites is 1. The Bertz CT molecular complexity index is 424. The molecule has 1 aliphatic heterocycles. The summed E-state index contributed by atoms with van der Waals surface area (Å²) in [5, 5.41) is 0. The maximum absolute atomic E-state index is 5.36. The molecular formula is C13H15NO3. The molecule has 90 valence electrons. The molecular weight excluding hydrogens is 218 g/mol. The van der Waals surface area contributed by atoms with Crippen LogP contribution in [0.3, 0.4) is 0 Å². The SMILES string of the molecule is COC1=Cc2ccccc2N=C(OC)C1OC. The van der Waals surface area contributed by atoms with E-state index >= 15 is 0 Å². The van der Waals surface area contributed by atoms with Crippen molar-refractivity contribution >= 4 is 17.7 Å². The third-order valence-corrected chi connectivity index (χ3v) is 2.63. The molecule has 17 heavy (non-hydrogen) atoms. The van der Waals surface area contributed by atoms with E-state index in [4.69, 9.17) is 14.2 Å². The monoisotopic (exact) mass is 233 g/mol. The predicted octanol–water partition coefficient (Wildman–Crippen LogP) is 2.38. The van der Waals surface area contributed by atoms with Crippen molar-refractivity contribution in [3.05, 3.63) is 35.6 Å². The van der Waals surface area contributed by atoms with E-state index in [9.17, 15) is 0 Å². The summed E-state index contributed by atoms with van der Waals surface area (Å²) < 4.78 is 16.0. The van der Waals surface area contributed by atoms with Crippen molar-refractivity contribution in [2.45, 2.75) is 6.10 Å². The molecule has 4 nitrogen and oxygen atoms in total. The Morgan fingerprint density at radius 1 is 1.06 bits per heavy atom. The highest BCUT2D eigenvalue weighted by atomic mass is 16.6. The van der Waals surface area contributed by atoms with Crippen LogP contribution in [0.25, 0.3) is 6.08 Å². The van der Waals surface area contributed by atoms with Crippen LogP contribution >= 0.6 is 0 Å². The number of hydrogen-bond acceptors (Lipinski definition) is 4. The van der Waals surface area contributed by atoms with Crippen molar-refractivity contribution in [2.24, 2.45) is 4.99 Å². The maximum atomic E-state index is 5.36. The minimum atomic E-state index is -0.405. The topological polar surface area (TPSA) is 40.0 Å². The van der Waals surface area contributed by atoms with E-state index in [0.717, 1.165) is 11.3 Å². The first-order chi connectivity index (χ1) is 8.30. The van der Waals surface area contributed by atoms with E-state index in [0.29, 0.717) is 11.7 Å². The van der Waals surface area contributed by atoms with Gasteiger partial charge in [0.25, 0.3) is 0 Å². The van der Waals surface area contributed by atoms with Crippen molar-refractivity contribution in [2.75, 3.05) is 21.3 Å². The van der Waals surface area contributed by atoms with Crippen LogP contribution in [-0.2, 0) is 14.2 Å². The number of nitrogens with zero attached hydrogens (tertiary/aromatic N) is 1. The molecule has 0 saturated heterocycles. The van der Waals surface area contributed by atoms with Crippen molar-refractivity contribution in [3.63, 3.8) is 0 Å². The van der Waals surface area contributed by atoms with E-state index < -0.39 is 6.10 Å². The van der Waals surface area contributed by atoms with Gasteiger partial charge in [0.1, 0.15) is 5.76 Å². The molecule has 0 fully saturated rings.